The third kappa shape index (κ3) is 3.30. The van der Waals surface area contributed by atoms with Crippen molar-refractivity contribution >= 4 is 33.8 Å². The van der Waals surface area contributed by atoms with Gasteiger partial charge in [0.1, 0.15) is 0 Å². The fraction of sp³-hybridized carbons (Fsp3) is 0.192. The van der Waals surface area contributed by atoms with Gasteiger partial charge < -0.3 is 4.90 Å². The molecule has 0 radical (unpaired) electrons. The fourth-order valence-electron chi connectivity index (χ4n) is 4.63. The molecule has 158 valence electrons. The van der Waals surface area contributed by atoms with Gasteiger partial charge in [0, 0.05) is 48.2 Å². The van der Waals surface area contributed by atoms with Gasteiger partial charge in [0.25, 0.3) is 0 Å². The van der Waals surface area contributed by atoms with Crippen molar-refractivity contribution in [3.05, 3.63) is 78.3 Å². The van der Waals surface area contributed by atoms with Crippen LogP contribution in [-0.4, -0.2) is 32.7 Å². The first-order valence-corrected chi connectivity index (χ1v) is 11.4. The van der Waals surface area contributed by atoms with E-state index in [0.717, 1.165) is 62.6 Å². The van der Waals surface area contributed by atoms with Crippen LogP contribution in [0.5, 0.6) is 0 Å². The minimum atomic E-state index is 0.786. The topological polar surface area (TPSA) is 46.3 Å². The Labute approximate surface area is 191 Å². The minimum Gasteiger partial charge on any atom is -0.370 e. The van der Waals surface area contributed by atoms with Gasteiger partial charge in [-0.1, -0.05) is 35.9 Å². The molecule has 3 aromatic heterocycles. The number of halogens is 1. The first kappa shape index (κ1) is 19.3. The molecule has 0 N–H and O–H groups in total. The van der Waals surface area contributed by atoms with Crippen molar-refractivity contribution in [1.82, 2.24) is 19.6 Å². The Bertz CT molecular complexity index is 1430. The lowest BCUT2D eigenvalue weighted by molar-refractivity contribution is 0.578. The molecule has 32 heavy (non-hydrogen) atoms. The van der Waals surface area contributed by atoms with E-state index in [1.165, 1.54) is 19.3 Å². The predicted octanol–water partition coefficient (Wildman–Crippen LogP) is 6.26. The number of fused-ring (bicyclic) bond motifs is 2. The Kier molecular flexibility index (Phi) is 4.76. The van der Waals surface area contributed by atoms with Crippen LogP contribution in [0.4, 0.5) is 5.69 Å². The largest absolute Gasteiger partial charge is 0.370 e. The maximum absolute atomic E-state index is 6.68. The zero-order valence-corrected chi connectivity index (χ0v) is 18.3. The van der Waals surface area contributed by atoms with Crippen molar-refractivity contribution in [3.63, 3.8) is 0 Å². The van der Waals surface area contributed by atoms with Crippen molar-refractivity contribution < 1.29 is 0 Å². The molecule has 1 saturated heterocycles. The lowest BCUT2D eigenvalue weighted by Gasteiger charge is -2.29. The van der Waals surface area contributed by atoms with Crippen molar-refractivity contribution in [2.24, 2.45) is 0 Å². The van der Waals surface area contributed by atoms with Crippen LogP contribution in [0.1, 0.15) is 19.3 Å². The Balaban J connectivity index is 1.38. The molecule has 1 aliphatic heterocycles. The standard InChI is InChI=1S/C26H22ClN5/c27-23-14-18(9-10-25(23)31-12-2-1-3-13-31)19-15-29-26-22(16-30-32(26)17-19)20-6-4-8-24-21(20)7-5-11-28-24/h4-11,14-17H,1-3,12-13H2. The van der Waals surface area contributed by atoms with Gasteiger partial charge in [0.05, 0.1) is 22.4 Å². The monoisotopic (exact) mass is 439 g/mol. The average Bonchev–Trinajstić information content (AvgIpc) is 3.27. The predicted molar refractivity (Wildman–Crippen MR) is 130 cm³/mol. The molecule has 1 fully saturated rings. The highest BCUT2D eigenvalue weighted by Gasteiger charge is 2.16. The third-order valence-corrected chi connectivity index (χ3v) is 6.57. The summed E-state index contributed by atoms with van der Waals surface area (Å²) in [5, 5.41) is 6.47. The second kappa shape index (κ2) is 7.92. The van der Waals surface area contributed by atoms with Crippen LogP contribution in [0, 0.1) is 0 Å². The summed E-state index contributed by atoms with van der Waals surface area (Å²) in [6.07, 6.45) is 11.4. The lowest BCUT2D eigenvalue weighted by atomic mass is 10.0. The minimum absolute atomic E-state index is 0.786. The van der Waals surface area contributed by atoms with Crippen LogP contribution in [0.3, 0.4) is 0 Å². The normalized spacial score (nSPS) is 14.3. The summed E-state index contributed by atoms with van der Waals surface area (Å²) in [5.74, 6) is 0. The van der Waals surface area contributed by atoms with Crippen LogP contribution in [0.25, 0.3) is 38.8 Å². The van der Waals surface area contributed by atoms with Crippen molar-refractivity contribution in [3.8, 4) is 22.3 Å². The van der Waals surface area contributed by atoms with Gasteiger partial charge in [-0.2, -0.15) is 5.10 Å². The zero-order valence-electron chi connectivity index (χ0n) is 17.6. The highest BCUT2D eigenvalue weighted by Crippen LogP contribution is 2.34. The highest BCUT2D eigenvalue weighted by atomic mass is 35.5. The molecular formula is C26H22ClN5. The van der Waals surface area contributed by atoms with Crippen molar-refractivity contribution in [1.29, 1.82) is 0 Å². The number of rotatable bonds is 3. The molecular weight excluding hydrogens is 418 g/mol. The Morgan fingerprint density at radius 3 is 2.59 bits per heavy atom. The quantitative estimate of drug-likeness (QED) is 0.333. The average molecular weight is 440 g/mol. The fourth-order valence-corrected chi connectivity index (χ4v) is 4.93. The molecule has 5 aromatic rings. The second-order valence-electron chi connectivity index (χ2n) is 8.26. The molecule has 4 heterocycles. The molecule has 6 rings (SSSR count). The highest BCUT2D eigenvalue weighted by molar-refractivity contribution is 6.33. The molecule has 5 nitrogen and oxygen atoms in total. The van der Waals surface area contributed by atoms with E-state index in [1.807, 2.05) is 53.6 Å². The van der Waals surface area contributed by atoms with Gasteiger partial charge in [-0.25, -0.2) is 9.50 Å². The van der Waals surface area contributed by atoms with Crippen LogP contribution in [-0.2, 0) is 0 Å². The molecule has 0 saturated carbocycles. The van der Waals surface area contributed by atoms with E-state index in [1.54, 1.807) is 0 Å². The number of hydrogen-bond donors (Lipinski definition) is 0. The second-order valence-corrected chi connectivity index (χ2v) is 8.67. The summed E-state index contributed by atoms with van der Waals surface area (Å²) in [7, 11) is 0. The van der Waals surface area contributed by atoms with Crippen molar-refractivity contribution in [2.45, 2.75) is 19.3 Å². The van der Waals surface area contributed by atoms with Crippen LogP contribution >= 0.6 is 11.6 Å². The summed E-state index contributed by atoms with van der Waals surface area (Å²) in [5.41, 5.74) is 7.00. The van der Waals surface area contributed by atoms with Gasteiger partial charge >= 0.3 is 0 Å². The molecule has 1 aliphatic rings. The van der Waals surface area contributed by atoms with E-state index in [4.69, 9.17) is 16.6 Å². The van der Waals surface area contributed by atoms with Crippen LogP contribution < -0.4 is 4.90 Å². The van der Waals surface area contributed by atoms with Gasteiger partial charge in [-0.05, 0) is 54.7 Å². The SMILES string of the molecule is Clc1cc(-c2cnc3c(-c4cccc5ncccc45)cnn3c2)ccc1N1CCCCC1. The van der Waals surface area contributed by atoms with E-state index < -0.39 is 0 Å². The number of benzene rings is 2. The van der Waals surface area contributed by atoms with E-state index in [9.17, 15) is 0 Å². The maximum atomic E-state index is 6.68. The van der Waals surface area contributed by atoms with E-state index >= 15 is 0 Å². The Morgan fingerprint density at radius 2 is 1.72 bits per heavy atom. The van der Waals surface area contributed by atoms with E-state index in [-0.39, 0.29) is 0 Å². The number of aromatic nitrogens is 4. The summed E-state index contributed by atoms with van der Waals surface area (Å²) in [4.78, 5) is 11.6. The molecule has 6 heteroatoms. The summed E-state index contributed by atoms with van der Waals surface area (Å²) in [6.45, 7) is 2.15. The summed E-state index contributed by atoms with van der Waals surface area (Å²) in [6, 6.07) is 16.5. The number of hydrogen-bond acceptors (Lipinski definition) is 4. The molecule has 0 amide bonds. The van der Waals surface area contributed by atoms with Gasteiger partial charge in [-0.15, -0.1) is 0 Å². The molecule has 0 bridgehead atoms. The number of piperidine rings is 1. The number of nitrogens with zero attached hydrogens (tertiary/aromatic N) is 5. The molecule has 0 spiro atoms. The molecule has 0 aliphatic carbocycles. The smallest absolute Gasteiger partial charge is 0.162 e. The summed E-state index contributed by atoms with van der Waals surface area (Å²) >= 11 is 6.68. The van der Waals surface area contributed by atoms with Crippen LogP contribution in [0.15, 0.2) is 73.3 Å². The zero-order chi connectivity index (χ0) is 21.5. The first-order chi connectivity index (χ1) is 15.8. The van der Waals surface area contributed by atoms with Gasteiger partial charge in [0.15, 0.2) is 5.65 Å². The van der Waals surface area contributed by atoms with E-state index in [2.05, 4.69) is 39.2 Å². The maximum Gasteiger partial charge on any atom is 0.162 e. The molecule has 0 unspecified atom stereocenters. The molecule has 0 atom stereocenters. The Hall–Kier alpha value is -3.44. The third-order valence-electron chi connectivity index (χ3n) is 6.27. The van der Waals surface area contributed by atoms with E-state index in [0.29, 0.717) is 0 Å². The lowest BCUT2D eigenvalue weighted by Crippen LogP contribution is -2.29. The first-order valence-electron chi connectivity index (χ1n) is 11.0. The number of pyridine rings is 1. The van der Waals surface area contributed by atoms with Crippen LogP contribution in [0.2, 0.25) is 5.02 Å². The summed E-state index contributed by atoms with van der Waals surface area (Å²) < 4.78 is 1.84. The van der Waals surface area contributed by atoms with Crippen molar-refractivity contribution in [2.75, 3.05) is 18.0 Å². The Morgan fingerprint density at radius 1 is 0.812 bits per heavy atom. The number of anilines is 1. The van der Waals surface area contributed by atoms with Gasteiger partial charge in [-0.3, -0.25) is 4.98 Å². The molecule has 2 aromatic carbocycles. The van der Waals surface area contributed by atoms with Gasteiger partial charge in [0.2, 0.25) is 0 Å².